The van der Waals surface area contributed by atoms with Crippen molar-refractivity contribution in [3.8, 4) is 23.0 Å². The molecule has 20 heteroatoms. The number of hydrogen-bond donors (Lipinski definition) is 0. The van der Waals surface area contributed by atoms with Gasteiger partial charge in [0.1, 0.15) is 40.7 Å². The number of carbonyl (C=O) groups is 2. The average Bonchev–Trinajstić information content (AvgIpc) is 3.25. The molecule has 16 nitrogen and oxygen atoms in total. The van der Waals surface area contributed by atoms with Gasteiger partial charge in [-0.25, -0.2) is 9.59 Å². The van der Waals surface area contributed by atoms with Crippen molar-refractivity contribution in [2.75, 3.05) is 67.7 Å². The second kappa shape index (κ2) is 31.5. The maximum atomic E-state index is 12.5. The van der Waals surface area contributed by atoms with E-state index in [1.54, 1.807) is 47.8 Å². The van der Waals surface area contributed by atoms with Crippen molar-refractivity contribution in [1.29, 1.82) is 0 Å². The molecule has 4 aromatic rings. The Bertz CT molecular complexity index is 1910. The van der Waals surface area contributed by atoms with E-state index in [1.807, 2.05) is 60.7 Å². The van der Waals surface area contributed by atoms with Crippen molar-refractivity contribution < 1.29 is 77.0 Å². The molecule has 58 heavy (non-hydrogen) atoms. The fourth-order valence-electron chi connectivity index (χ4n) is 4.64. The number of nitrogens with zero attached hydrogens (tertiary/aromatic N) is 6. The van der Waals surface area contributed by atoms with Crippen LogP contribution in [0.15, 0.2) is 99.8 Å². The zero-order chi connectivity index (χ0) is 41.7. The summed E-state index contributed by atoms with van der Waals surface area (Å²) in [7, 11) is 5.66. The monoisotopic (exact) mass is 864 g/mol. The molecule has 0 unspecified atom stereocenters. The first kappa shape index (κ1) is 51.6. The maximum Gasteiger partial charge on any atom is 1.00 e. The average molecular weight is 865 g/mol. The summed E-state index contributed by atoms with van der Waals surface area (Å²) in [6.07, 6.45) is 0. The van der Waals surface area contributed by atoms with E-state index in [-0.39, 0.29) is 61.9 Å². The first-order valence-electron chi connectivity index (χ1n) is 16.7. The third kappa shape index (κ3) is 18.0. The van der Waals surface area contributed by atoms with Crippen molar-refractivity contribution in [2.24, 2.45) is 5.11 Å². The fraction of sp³-hybridized carbons (Fsp3) is 0.316. The Morgan fingerprint density at radius 3 is 1.38 bits per heavy atom. The first-order valence-corrected chi connectivity index (χ1v) is 19.2. The molecule has 0 saturated heterocycles. The molecule has 0 N–H and O–H groups in total. The normalized spacial score (nSPS) is 9.67. The summed E-state index contributed by atoms with van der Waals surface area (Å²) in [4.78, 5) is 31.2. The first-order chi connectivity index (χ1) is 27.8. The van der Waals surface area contributed by atoms with Crippen LogP contribution in [0.5, 0.6) is 23.0 Å². The number of carbonyl (C=O) groups excluding carboxylic acids is 2. The minimum absolute atomic E-state index is 0. The molecular weight excluding hydrogens is 823 g/mol. The van der Waals surface area contributed by atoms with Crippen LogP contribution >= 0.6 is 35.1 Å². The van der Waals surface area contributed by atoms with E-state index in [2.05, 4.69) is 10.0 Å². The molecule has 0 aliphatic carbocycles. The van der Waals surface area contributed by atoms with Gasteiger partial charge < -0.3 is 49.0 Å². The molecule has 0 spiro atoms. The van der Waals surface area contributed by atoms with Gasteiger partial charge in [-0.1, -0.05) is 41.5 Å². The van der Waals surface area contributed by atoms with E-state index in [1.165, 1.54) is 33.4 Å². The molecule has 0 aliphatic heterocycles. The van der Waals surface area contributed by atoms with Gasteiger partial charge in [0, 0.05) is 51.6 Å². The van der Waals surface area contributed by atoms with Crippen LogP contribution in [0.2, 0.25) is 0 Å². The van der Waals surface area contributed by atoms with Crippen LogP contribution in [0.3, 0.4) is 0 Å². The smallest absolute Gasteiger partial charge is 0.493 e. The predicted octanol–water partition coefficient (Wildman–Crippen LogP) is 6.67. The second-order valence-corrected chi connectivity index (χ2v) is 13.0. The Hall–Kier alpha value is -4.45. The molecule has 0 aromatic heterocycles. The van der Waals surface area contributed by atoms with Gasteiger partial charge in [0.2, 0.25) is 0 Å². The summed E-state index contributed by atoms with van der Waals surface area (Å²) >= 11 is 8.88. The molecule has 0 heterocycles. The van der Waals surface area contributed by atoms with E-state index >= 15 is 0 Å². The van der Waals surface area contributed by atoms with Crippen molar-refractivity contribution in [3.63, 3.8) is 0 Å². The zero-order valence-corrected chi connectivity index (χ0v) is 37.1. The summed E-state index contributed by atoms with van der Waals surface area (Å²) < 4.78 is 42.4. The topological polar surface area (TPSA) is 215 Å². The fourth-order valence-corrected chi connectivity index (χ4v) is 6.61. The van der Waals surface area contributed by atoms with Crippen LogP contribution in [0.4, 0.5) is 0 Å². The standard InChI is InChI=1S/C19H21ClO5S.C19H21N3O5S.N3.Na/c1-22-13-25-17-9-8-16(24-11-10-20)15(18(17)19(21)23-2)12-26-14-6-4-3-5-7-14;1-24-13-27-17-9-8-16(26-11-10-21-22-20)15(18(17)19(23)25-2)12-28-14-6-4-3-5-7-14;1-3-2;/h3-9H,10-13H2,1-2H3;3-9H,10-13H2,1-2H3;;/q;;-1;+1. The number of thioether (sulfide) groups is 2. The van der Waals surface area contributed by atoms with E-state index < -0.39 is 11.9 Å². The second-order valence-electron chi connectivity index (χ2n) is 10.5. The van der Waals surface area contributed by atoms with Crippen molar-refractivity contribution in [2.45, 2.75) is 21.3 Å². The van der Waals surface area contributed by atoms with E-state index in [0.717, 1.165) is 9.79 Å². The minimum atomic E-state index is -0.532. The van der Waals surface area contributed by atoms with Crippen LogP contribution in [-0.4, -0.2) is 79.6 Å². The van der Waals surface area contributed by atoms with Gasteiger partial charge >= 0.3 is 41.5 Å². The van der Waals surface area contributed by atoms with Crippen LogP contribution in [0, 0.1) is 0 Å². The Morgan fingerprint density at radius 2 is 1.02 bits per heavy atom. The largest absolute Gasteiger partial charge is 1.00 e. The van der Waals surface area contributed by atoms with Crippen LogP contribution < -0.4 is 48.5 Å². The summed E-state index contributed by atoms with van der Waals surface area (Å²) in [5.74, 6) is 2.11. The number of azide groups is 1. The van der Waals surface area contributed by atoms with Crippen LogP contribution in [0.25, 0.3) is 26.4 Å². The molecule has 0 atom stereocenters. The third-order valence-electron chi connectivity index (χ3n) is 7.01. The summed E-state index contributed by atoms with van der Waals surface area (Å²) in [6, 6.07) is 26.5. The Morgan fingerprint density at radius 1 is 0.621 bits per heavy atom. The SMILES string of the molecule is COCOc1ccc(OCCCl)c(CSc2ccccc2)c1C(=O)OC.COCOc1ccc(OCCN=[N+]=[N-])c(CSc2ccccc2)c1C(=O)OC.[N-]=[N+]=[N-].[Na+]. The number of alkyl halides is 1. The van der Waals surface area contributed by atoms with Crippen LogP contribution in [0.1, 0.15) is 31.8 Å². The maximum absolute atomic E-state index is 12.5. The number of benzene rings is 4. The number of halogens is 1. The van der Waals surface area contributed by atoms with Gasteiger partial charge in [-0.05, 0) is 54.1 Å². The van der Waals surface area contributed by atoms with E-state index in [4.69, 9.17) is 66.1 Å². The Labute approximate surface area is 372 Å². The Balaban J connectivity index is 0.000000536. The number of ether oxygens (including phenoxy) is 8. The number of esters is 2. The summed E-state index contributed by atoms with van der Waals surface area (Å²) in [6.45, 7) is 0.718. The quantitative estimate of drug-likeness (QED) is 0.00988. The van der Waals surface area contributed by atoms with Crippen molar-refractivity contribution >= 4 is 47.1 Å². The number of methoxy groups -OCH3 is 4. The van der Waals surface area contributed by atoms with Crippen molar-refractivity contribution in [3.05, 3.63) is 134 Å². The number of rotatable bonds is 21. The molecule has 304 valence electrons. The van der Waals surface area contributed by atoms with Gasteiger partial charge in [0.05, 0.1) is 33.3 Å². The molecule has 0 aliphatic rings. The van der Waals surface area contributed by atoms with E-state index in [9.17, 15) is 9.59 Å². The van der Waals surface area contributed by atoms with Gasteiger partial charge in [0.25, 0.3) is 0 Å². The molecule has 0 fully saturated rings. The Kier molecular flexibility index (Phi) is 28.0. The minimum Gasteiger partial charge on any atom is -0.493 e. The van der Waals surface area contributed by atoms with Gasteiger partial charge in [0.15, 0.2) is 13.6 Å². The molecule has 0 radical (unpaired) electrons. The number of hydrogen-bond acceptors (Lipinski definition) is 13. The van der Waals surface area contributed by atoms with Crippen LogP contribution in [-0.2, 0) is 30.5 Å². The molecular formula is C38H42ClN6NaO10S2. The van der Waals surface area contributed by atoms with E-state index in [0.29, 0.717) is 63.7 Å². The zero-order valence-electron chi connectivity index (χ0n) is 32.7. The third-order valence-corrected chi connectivity index (χ3v) is 9.24. The van der Waals surface area contributed by atoms with Gasteiger partial charge in [-0.15, -0.1) is 35.1 Å². The molecule has 0 amide bonds. The predicted molar refractivity (Wildman–Crippen MR) is 218 cm³/mol. The summed E-state index contributed by atoms with van der Waals surface area (Å²) in [5, 5.41) is 3.46. The van der Waals surface area contributed by atoms with Crippen molar-refractivity contribution in [1.82, 2.24) is 0 Å². The molecule has 4 rings (SSSR count). The van der Waals surface area contributed by atoms with Gasteiger partial charge in [-0.2, -0.15) is 0 Å². The molecule has 4 aromatic carbocycles. The molecule has 0 saturated carbocycles. The van der Waals surface area contributed by atoms with Gasteiger partial charge in [-0.3, -0.25) is 4.91 Å². The molecule has 0 bridgehead atoms. The summed E-state index contributed by atoms with van der Waals surface area (Å²) in [5.41, 5.74) is 23.9.